The van der Waals surface area contributed by atoms with E-state index < -0.39 is 17.7 Å². The van der Waals surface area contributed by atoms with Crippen LogP contribution in [0.25, 0.3) is 33.3 Å². The molecule has 1 aromatic heterocycles. The Kier molecular flexibility index (Phi) is 4.98. The number of hydrogen-bond acceptors (Lipinski definition) is 3. The molecular weight excluding hydrogens is 383 g/mol. The summed E-state index contributed by atoms with van der Waals surface area (Å²) in [6, 6.07) is 21.0. The van der Waals surface area contributed by atoms with E-state index in [1.165, 1.54) is 19.1 Å². The molecule has 1 amide bonds. The molecule has 0 unspecified atom stereocenters. The third kappa shape index (κ3) is 3.63. The van der Waals surface area contributed by atoms with Crippen molar-refractivity contribution in [2.45, 2.75) is 6.92 Å². The van der Waals surface area contributed by atoms with Crippen LogP contribution in [0.2, 0.25) is 0 Å². The number of benzene rings is 3. The Balaban J connectivity index is 1.94. The molecule has 30 heavy (non-hydrogen) atoms. The zero-order valence-electron chi connectivity index (χ0n) is 16.0. The zero-order valence-corrected chi connectivity index (χ0v) is 16.0. The SMILES string of the molecule is CC(=O)Nc1c(-c2ccc(-c3ccccc3)cc2)nc2ccc(F)cc2c1C(=O)O. The first-order chi connectivity index (χ1) is 14.4. The smallest absolute Gasteiger partial charge is 0.338 e. The summed E-state index contributed by atoms with van der Waals surface area (Å²) in [7, 11) is 0. The second kappa shape index (κ2) is 7.75. The van der Waals surface area contributed by atoms with E-state index in [0.717, 1.165) is 17.2 Å². The lowest BCUT2D eigenvalue weighted by Gasteiger charge is -2.16. The lowest BCUT2D eigenvalue weighted by atomic mass is 9.98. The number of fused-ring (bicyclic) bond motifs is 1. The molecular formula is C24H17FN2O3. The average Bonchev–Trinajstić information content (AvgIpc) is 2.73. The van der Waals surface area contributed by atoms with Crippen molar-refractivity contribution >= 4 is 28.5 Å². The van der Waals surface area contributed by atoms with Crippen LogP contribution in [0.1, 0.15) is 17.3 Å². The molecule has 148 valence electrons. The maximum atomic E-state index is 13.8. The first-order valence-corrected chi connectivity index (χ1v) is 9.24. The van der Waals surface area contributed by atoms with Gasteiger partial charge in [0, 0.05) is 17.9 Å². The molecule has 4 rings (SSSR count). The Morgan fingerprint density at radius 2 is 1.53 bits per heavy atom. The minimum atomic E-state index is -1.28. The highest BCUT2D eigenvalue weighted by molar-refractivity contribution is 6.13. The number of aromatic nitrogens is 1. The standard InChI is InChI=1S/C24H17FN2O3/c1-14(28)26-23-21(24(29)30)19-13-18(25)11-12-20(19)27-22(23)17-9-7-16(8-10-17)15-5-3-2-4-6-15/h2-13H,1H3,(H,26,28)(H,29,30). The van der Waals surface area contributed by atoms with Crippen molar-refractivity contribution in [1.82, 2.24) is 4.98 Å². The zero-order chi connectivity index (χ0) is 21.3. The number of carboxylic acids is 1. The molecule has 0 aliphatic rings. The van der Waals surface area contributed by atoms with E-state index in [1.54, 1.807) is 0 Å². The van der Waals surface area contributed by atoms with Crippen molar-refractivity contribution in [3.05, 3.63) is 84.2 Å². The number of halogens is 1. The number of aromatic carboxylic acids is 1. The van der Waals surface area contributed by atoms with Crippen molar-refractivity contribution in [3.8, 4) is 22.4 Å². The van der Waals surface area contributed by atoms with Gasteiger partial charge >= 0.3 is 5.97 Å². The summed E-state index contributed by atoms with van der Waals surface area (Å²) in [5.41, 5.74) is 3.14. The third-order valence-corrected chi connectivity index (χ3v) is 4.73. The number of carbonyl (C=O) groups excluding carboxylic acids is 1. The fourth-order valence-electron chi connectivity index (χ4n) is 3.42. The molecule has 0 fully saturated rings. The summed E-state index contributed by atoms with van der Waals surface area (Å²) in [6.07, 6.45) is 0. The molecule has 3 aromatic carbocycles. The van der Waals surface area contributed by atoms with Gasteiger partial charge < -0.3 is 10.4 Å². The largest absolute Gasteiger partial charge is 0.478 e. The summed E-state index contributed by atoms with van der Waals surface area (Å²) in [4.78, 5) is 28.4. The van der Waals surface area contributed by atoms with Crippen molar-refractivity contribution < 1.29 is 19.1 Å². The van der Waals surface area contributed by atoms with E-state index in [4.69, 9.17) is 0 Å². The van der Waals surface area contributed by atoms with Crippen LogP contribution in [0.3, 0.4) is 0 Å². The first kappa shape index (κ1) is 19.3. The lowest BCUT2D eigenvalue weighted by Crippen LogP contribution is -2.14. The van der Waals surface area contributed by atoms with E-state index in [2.05, 4.69) is 10.3 Å². The minimum absolute atomic E-state index is 0.0422. The number of carbonyl (C=O) groups is 2. The minimum Gasteiger partial charge on any atom is -0.478 e. The number of pyridine rings is 1. The van der Waals surface area contributed by atoms with Crippen LogP contribution in [0.5, 0.6) is 0 Å². The average molecular weight is 400 g/mol. The molecule has 0 aliphatic carbocycles. The van der Waals surface area contributed by atoms with Gasteiger partial charge in [0.25, 0.3) is 0 Å². The van der Waals surface area contributed by atoms with Crippen LogP contribution in [0.15, 0.2) is 72.8 Å². The van der Waals surface area contributed by atoms with E-state index >= 15 is 0 Å². The molecule has 6 heteroatoms. The van der Waals surface area contributed by atoms with Crippen LogP contribution >= 0.6 is 0 Å². The molecule has 0 radical (unpaired) electrons. The number of nitrogens with one attached hydrogen (secondary N) is 1. The van der Waals surface area contributed by atoms with E-state index in [9.17, 15) is 19.1 Å². The number of anilines is 1. The van der Waals surface area contributed by atoms with Gasteiger partial charge in [-0.1, -0.05) is 54.6 Å². The molecule has 5 nitrogen and oxygen atoms in total. The van der Waals surface area contributed by atoms with Gasteiger partial charge in [-0.3, -0.25) is 4.79 Å². The highest BCUT2D eigenvalue weighted by Gasteiger charge is 2.22. The second-order valence-electron chi connectivity index (χ2n) is 6.80. The van der Waals surface area contributed by atoms with Gasteiger partial charge in [0.15, 0.2) is 0 Å². The Bertz CT molecular complexity index is 1270. The van der Waals surface area contributed by atoms with Crippen molar-refractivity contribution in [2.24, 2.45) is 0 Å². The molecule has 0 atom stereocenters. The predicted molar refractivity (Wildman–Crippen MR) is 114 cm³/mol. The van der Waals surface area contributed by atoms with Crippen LogP contribution < -0.4 is 5.32 Å². The van der Waals surface area contributed by atoms with Crippen molar-refractivity contribution in [1.29, 1.82) is 0 Å². The Morgan fingerprint density at radius 3 is 2.17 bits per heavy atom. The maximum Gasteiger partial charge on any atom is 0.338 e. The molecule has 0 spiro atoms. The summed E-state index contributed by atoms with van der Waals surface area (Å²) < 4.78 is 13.8. The first-order valence-electron chi connectivity index (χ1n) is 9.24. The molecule has 4 aromatic rings. The van der Waals surface area contributed by atoms with Gasteiger partial charge in [-0.05, 0) is 29.3 Å². The number of rotatable bonds is 4. The fourth-order valence-corrected chi connectivity index (χ4v) is 3.42. The molecule has 0 aliphatic heterocycles. The summed E-state index contributed by atoms with van der Waals surface area (Å²) in [5, 5.41) is 12.5. The number of carboxylic acid groups (broad SMARTS) is 1. The van der Waals surface area contributed by atoms with Crippen LogP contribution in [-0.4, -0.2) is 22.0 Å². The fraction of sp³-hybridized carbons (Fsp3) is 0.0417. The molecule has 1 heterocycles. The predicted octanol–water partition coefficient (Wildman–Crippen LogP) is 5.36. The van der Waals surface area contributed by atoms with Gasteiger partial charge in [0.05, 0.1) is 22.5 Å². The molecule has 0 saturated carbocycles. The maximum absolute atomic E-state index is 13.8. The highest BCUT2D eigenvalue weighted by atomic mass is 19.1. The highest BCUT2D eigenvalue weighted by Crippen LogP contribution is 2.35. The van der Waals surface area contributed by atoms with Crippen molar-refractivity contribution in [3.63, 3.8) is 0 Å². The lowest BCUT2D eigenvalue weighted by molar-refractivity contribution is -0.114. The van der Waals surface area contributed by atoms with Gasteiger partial charge in [-0.15, -0.1) is 0 Å². The number of amides is 1. The van der Waals surface area contributed by atoms with E-state index in [0.29, 0.717) is 16.8 Å². The summed E-state index contributed by atoms with van der Waals surface area (Å²) >= 11 is 0. The van der Waals surface area contributed by atoms with Crippen LogP contribution in [-0.2, 0) is 4.79 Å². The quantitative estimate of drug-likeness (QED) is 0.483. The van der Waals surface area contributed by atoms with Gasteiger partial charge in [-0.25, -0.2) is 14.2 Å². The monoisotopic (exact) mass is 400 g/mol. The Hall–Kier alpha value is -4.06. The van der Waals surface area contributed by atoms with Crippen LogP contribution in [0.4, 0.5) is 10.1 Å². The van der Waals surface area contributed by atoms with Crippen molar-refractivity contribution in [2.75, 3.05) is 5.32 Å². The van der Waals surface area contributed by atoms with E-state index in [1.807, 2.05) is 54.6 Å². The number of nitrogens with zero attached hydrogens (tertiary/aromatic N) is 1. The number of hydrogen-bond donors (Lipinski definition) is 2. The van der Waals surface area contributed by atoms with Gasteiger partial charge in [0.2, 0.25) is 5.91 Å². The normalized spacial score (nSPS) is 10.7. The summed E-state index contributed by atoms with van der Waals surface area (Å²) in [6.45, 7) is 1.28. The van der Waals surface area contributed by atoms with Gasteiger partial charge in [0.1, 0.15) is 5.82 Å². The Labute approximate surface area is 171 Å². The van der Waals surface area contributed by atoms with Crippen LogP contribution in [0, 0.1) is 5.82 Å². The molecule has 0 bridgehead atoms. The summed E-state index contributed by atoms with van der Waals surface area (Å²) in [5.74, 6) is -2.31. The third-order valence-electron chi connectivity index (χ3n) is 4.73. The topological polar surface area (TPSA) is 79.3 Å². The molecule has 2 N–H and O–H groups in total. The Morgan fingerprint density at radius 1 is 0.900 bits per heavy atom. The second-order valence-corrected chi connectivity index (χ2v) is 6.80. The molecule has 0 saturated heterocycles. The van der Waals surface area contributed by atoms with E-state index in [-0.39, 0.29) is 16.6 Å². The van der Waals surface area contributed by atoms with Gasteiger partial charge in [-0.2, -0.15) is 0 Å².